The average Bonchev–Trinajstić information content (AvgIpc) is 3.52. The van der Waals surface area contributed by atoms with Crippen LogP contribution in [0.4, 0.5) is 0 Å². The highest BCUT2D eigenvalue weighted by Gasteiger charge is 2.08. The van der Waals surface area contributed by atoms with E-state index in [1.807, 2.05) is 31.3 Å². The van der Waals surface area contributed by atoms with Crippen molar-refractivity contribution in [2.75, 3.05) is 0 Å². The second-order valence-electron chi connectivity index (χ2n) is 6.97. The SMILES string of the molecule is CC(=O)O.Cc1nc(-c2ccc3c(c2)nnn3C)no1.Cn1nnc2cc(C(N)=NO)ccc21. The van der Waals surface area contributed by atoms with E-state index in [-0.39, 0.29) is 5.84 Å². The molecule has 0 saturated heterocycles. The Morgan fingerprint density at radius 3 is 2.12 bits per heavy atom. The van der Waals surface area contributed by atoms with Gasteiger partial charge in [-0.1, -0.05) is 20.7 Å². The molecule has 0 aliphatic heterocycles. The highest BCUT2D eigenvalue weighted by Crippen LogP contribution is 2.20. The number of aromatic nitrogens is 8. The summed E-state index contributed by atoms with van der Waals surface area (Å²) >= 11 is 0. The summed E-state index contributed by atoms with van der Waals surface area (Å²) in [6.07, 6.45) is 0. The minimum Gasteiger partial charge on any atom is -0.481 e. The van der Waals surface area contributed by atoms with Gasteiger partial charge in [0, 0.05) is 39.1 Å². The third kappa shape index (κ3) is 5.48. The second-order valence-corrected chi connectivity index (χ2v) is 6.97. The van der Waals surface area contributed by atoms with Crippen LogP contribution < -0.4 is 5.73 Å². The number of fused-ring (bicyclic) bond motifs is 2. The molecular formula is C20H22N10O4. The molecule has 5 rings (SSSR count). The topological polar surface area (TPSA) is 196 Å². The fourth-order valence-electron chi connectivity index (χ4n) is 2.85. The second kappa shape index (κ2) is 10.2. The molecule has 2 aromatic carbocycles. The molecule has 0 aliphatic carbocycles. The zero-order valence-electron chi connectivity index (χ0n) is 18.8. The number of hydrogen-bond donors (Lipinski definition) is 3. The fraction of sp³-hybridized carbons (Fsp3) is 0.200. The summed E-state index contributed by atoms with van der Waals surface area (Å²) in [5.74, 6) is 0.358. The lowest BCUT2D eigenvalue weighted by atomic mass is 10.2. The van der Waals surface area contributed by atoms with Gasteiger partial charge in [0.25, 0.3) is 5.97 Å². The highest BCUT2D eigenvalue weighted by atomic mass is 16.5. The van der Waals surface area contributed by atoms with Crippen LogP contribution in [0.25, 0.3) is 33.5 Å². The Labute approximate surface area is 192 Å². The van der Waals surface area contributed by atoms with Crippen molar-refractivity contribution in [2.24, 2.45) is 25.0 Å². The monoisotopic (exact) mass is 466 g/mol. The predicted octanol–water partition coefficient (Wildman–Crippen LogP) is 1.48. The number of carboxylic acid groups (broad SMARTS) is 1. The van der Waals surface area contributed by atoms with Gasteiger partial charge in [-0.05, 0) is 36.4 Å². The van der Waals surface area contributed by atoms with Gasteiger partial charge in [-0.25, -0.2) is 9.36 Å². The van der Waals surface area contributed by atoms with E-state index < -0.39 is 5.97 Å². The Morgan fingerprint density at radius 2 is 1.59 bits per heavy atom. The molecule has 0 aliphatic rings. The average molecular weight is 466 g/mol. The number of rotatable bonds is 2. The summed E-state index contributed by atoms with van der Waals surface area (Å²) in [6.45, 7) is 2.84. The minimum absolute atomic E-state index is 0.0672. The van der Waals surface area contributed by atoms with Crippen molar-refractivity contribution in [2.45, 2.75) is 13.8 Å². The van der Waals surface area contributed by atoms with Crippen LogP contribution in [0.3, 0.4) is 0 Å². The number of hydrogen-bond acceptors (Lipinski definition) is 10. The van der Waals surface area contributed by atoms with E-state index in [1.165, 1.54) is 0 Å². The van der Waals surface area contributed by atoms with E-state index in [9.17, 15) is 0 Å². The molecule has 0 fully saturated rings. The molecule has 0 saturated carbocycles. The molecule has 0 bridgehead atoms. The number of carbonyl (C=O) groups is 1. The van der Waals surface area contributed by atoms with Crippen molar-refractivity contribution in [3.63, 3.8) is 0 Å². The van der Waals surface area contributed by atoms with Gasteiger partial charge in [0.05, 0.1) is 11.0 Å². The van der Waals surface area contributed by atoms with Crippen molar-refractivity contribution in [3.05, 3.63) is 47.9 Å². The zero-order chi connectivity index (χ0) is 24.8. The quantitative estimate of drug-likeness (QED) is 0.147. The lowest BCUT2D eigenvalue weighted by Gasteiger charge is -1.97. The molecule has 14 nitrogen and oxygen atoms in total. The van der Waals surface area contributed by atoms with E-state index in [4.69, 9.17) is 25.4 Å². The van der Waals surface area contributed by atoms with Crippen molar-refractivity contribution < 1.29 is 19.6 Å². The van der Waals surface area contributed by atoms with Gasteiger partial charge in [0.2, 0.25) is 11.7 Å². The first-order valence-electron chi connectivity index (χ1n) is 9.76. The van der Waals surface area contributed by atoms with Crippen molar-refractivity contribution in [3.8, 4) is 11.4 Å². The van der Waals surface area contributed by atoms with E-state index in [2.05, 4.69) is 35.9 Å². The molecule has 0 atom stereocenters. The van der Waals surface area contributed by atoms with Crippen LogP contribution in [0.2, 0.25) is 0 Å². The predicted molar refractivity (Wildman–Crippen MR) is 121 cm³/mol. The van der Waals surface area contributed by atoms with E-state index >= 15 is 0 Å². The molecular weight excluding hydrogens is 444 g/mol. The van der Waals surface area contributed by atoms with Gasteiger partial charge in [0.15, 0.2) is 5.84 Å². The van der Waals surface area contributed by atoms with Gasteiger partial charge in [-0.2, -0.15) is 4.98 Å². The number of oxime groups is 1. The largest absolute Gasteiger partial charge is 0.481 e. The Balaban J connectivity index is 0.000000166. The maximum atomic E-state index is 9.00. The lowest BCUT2D eigenvalue weighted by Crippen LogP contribution is -2.12. The Morgan fingerprint density at radius 1 is 1.03 bits per heavy atom. The van der Waals surface area contributed by atoms with Crippen LogP contribution >= 0.6 is 0 Å². The number of benzene rings is 2. The van der Waals surface area contributed by atoms with Crippen molar-refractivity contribution >= 4 is 33.9 Å². The molecule has 0 spiro atoms. The van der Waals surface area contributed by atoms with Crippen LogP contribution in [-0.2, 0) is 18.9 Å². The number of aliphatic carboxylic acids is 1. The third-order valence-corrected chi connectivity index (χ3v) is 4.41. The minimum atomic E-state index is -0.833. The first-order chi connectivity index (χ1) is 16.2. The van der Waals surface area contributed by atoms with E-state index in [0.717, 1.165) is 34.6 Å². The van der Waals surface area contributed by atoms with Gasteiger partial charge >= 0.3 is 0 Å². The molecule has 34 heavy (non-hydrogen) atoms. The van der Waals surface area contributed by atoms with Gasteiger partial charge in [-0.3, -0.25) is 4.79 Å². The third-order valence-electron chi connectivity index (χ3n) is 4.41. The molecule has 4 N–H and O–H groups in total. The number of nitrogens with two attached hydrogens (primary N) is 1. The molecule has 0 amide bonds. The molecule has 0 radical (unpaired) electrons. The summed E-state index contributed by atoms with van der Waals surface area (Å²) in [5.41, 5.74) is 10.4. The van der Waals surface area contributed by atoms with Crippen molar-refractivity contribution in [1.82, 2.24) is 40.1 Å². The normalized spacial score (nSPS) is 11.0. The smallest absolute Gasteiger partial charge is 0.300 e. The first-order valence-corrected chi connectivity index (χ1v) is 9.76. The van der Waals surface area contributed by atoms with Crippen LogP contribution in [0.1, 0.15) is 18.4 Å². The van der Waals surface area contributed by atoms with Crippen molar-refractivity contribution in [1.29, 1.82) is 0 Å². The van der Waals surface area contributed by atoms with Gasteiger partial charge < -0.3 is 20.6 Å². The van der Waals surface area contributed by atoms with Crippen LogP contribution in [0.5, 0.6) is 0 Å². The summed E-state index contributed by atoms with van der Waals surface area (Å²) in [4.78, 5) is 13.2. The molecule has 0 unspecified atom stereocenters. The maximum absolute atomic E-state index is 9.00. The summed E-state index contributed by atoms with van der Waals surface area (Å²) in [6, 6.07) is 11.1. The van der Waals surface area contributed by atoms with E-state index in [0.29, 0.717) is 17.3 Å². The summed E-state index contributed by atoms with van der Waals surface area (Å²) in [7, 11) is 3.66. The highest BCUT2D eigenvalue weighted by molar-refractivity contribution is 5.99. The number of nitrogens with zero attached hydrogens (tertiary/aromatic N) is 9. The fourth-order valence-corrected chi connectivity index (χ4v) is 2.85. The van der Waals surface area contributed by atoms with Gasteiger partial charge in [-0.15, -0.1) is 10.2 Å². The van der Waals surface area contributed by atoms with Crippen LogP contribution in [-0.4, -0.2) is 62.2 Å². The molecule has 3 aromatic heterocycles. The first kappa shape index (κ1) is 23.8. The number of aryl methyl sites for hydroxylation is 3. The molecule has 176 valence electrons. The lowest BCUT2D eigenvalue weighted by molar-refractivity contribution is -0.134. The number of amidine groups is 1. The Kier molecular flexibility index (Phi) is 7.10. The molecule has 5 aromatic rings. The maximum Gasteiger partial charge on any atom is 0.300 e. The molecule has 14 heteroatoms. The standard InChI is InChI=1S/C10H9N5O.C8H9N5O.C2H4O2/c1-6-11-10(13-16-6)7-3-4-9-8(5-7)12-14-15(9)2;1-13-7-3-2-5(8(9)11-14)4-6(7)10-12-13;1-2(3)4/h3-5H,1-2H3;2-4,14H,1H3,(H2,9,11);1H3,(H,3,4). The van der Waals surface area contributed by atoms with Crippen LogP contribution in [0.15, 0.2) is 46.1 Å². The molecule has 3 heterocycles. The Bertz CT molecular complexity index is 1460. The van der Waals surface area contributed by atoms with E-state index in [1.54, 1.807) is 35.5 Å². The zero-order valence-corrected chi connectivity index (χ0v) is 18.8. The summed E-state index contributed by atoms with van der Waals surface area (Å²) in [5, 5.41) is 38.4. The Hall–Kier alpha value is -4.88. The number of carboxylic acids is 1. The summed E-state index contributed by atoms with van der Waals surface area (Å²) < 4.78 is 8.31. The van der Waals surface area contributed by atoms with Crippen LogP contribution in [0, 0.1) is 6.92 Å². The van der Waals surface area contributed by atoms with Gasteiger partial charge in [0.1, 0.15) is 11.0 Å².